The number of anilines is 1. The molecule has 0 aromatic heterocycles. The van der Waals surface area contributed by atoms with Gasteiger partial charge in [0.2, 0.25) is 0 Å². The van der Waals surface area contributed by atoms with Crippen molar-refractivity contribution in [1.82, 2.24) is 0 Å². The SMILES string of the molecule is Cc1ccc(Cl)c(OCc2ccc(Cl)cc2N)c1. The summed E-state index contributed by atoms with van der Waals surface area (Å²) in [7, 11) is 0. The normalized spacial score (nSPS) is 10.4. The molecule has 0 aliphatic carbocycles. The van der Waals surface area contributed by atoms with Crippen molar-refractivity contribution in [2.24, 2.45) is 0 Å². The van der Waals surface area contributed by atoms with Gasteiger partial charge in [-0.25, -0.2) is 0 Å². The van der Waals surface area contributed by atoms with E-state index in [9.17, 15) is 0 Å². The van der Waals surface area contributed by atoms with Gasteiger partial charge in [0.05, 0.1) is 5.02 Å². The number of aryl methyl sites for hydroxylation is 1. The van der Waals surface area contributed by atoms with Crippen molar-refractivity contribution < 1.29 is 4.74 Å². The lowest BCUT2D eigenvalue weighted by Crippen LogP contribution is -2.00. The summed E-state index contributed by atoms with van der Waals surface area (Å²) in [6, 6.07) is 11.0. The van der Waals surface area contributed by atoms with Gasteiger partial charge in [0.25, 0.3) is 0 Å². The molecule has 0 spiro atoms. The van der Waals surface area contributed by atoms with Gasteiger partial charge in [-0.05, 0) is 36.8 Å². The maximum absolute atomic E-state index is 6.05. The molecule has 0 amide bonds. The van der Waals surface area contributed by atoms with Gasteiger partial charge < -0.3 is 10.5 Å². The first-order valence-corrected chi connectivity index (χ1v) is 6.24. The molecule has 0 aliphatic heterocycles. The number of halogens is 2. The molecule has 2 nitrogen and oxygen atoms in total. The van der Waals surface area contributed by atoms with Crippen LogP contribution in [-0.2, 0) is 6.61 Å². The Morgan fingerprint density at radius 3 is 2.61 bits per heavy atom. The molecule has 0 heterocycles. The maximum atomic E-state index is 6.05. The van der Waals surface area contributed by atoms with E-state index in [0.717, 1.165) is 11.1 Å². The standard InChI is InChI=1S/C14H13Cl2NO/c1-9-2-5-12(16)14(6-9)18-8-10-3-4-11(15)7-13(10)17/h2-7H,8,17H2,1H3. The summed E-state index contributed by atoms with van der Waals surface area (Å²) in [5.74, 6) is 0.658. The highest BCUT2D eigenvalue weighted by Gasteiger charge is 2.05. The summed E-state index contributed by atoms with van der Waals surface area (Å²) in [5, 5.41) is 1.21. The van der Waals surface area contributed by atoms with Crippen molar-refractivity contribution in [3.05, 3.63) is 57.6 Å². The van der Waals surface area contributed by atoms with Crippen LogP contribution in [0.15, 0.2) is 36.4 Å². The van der Waals surface area contributed by atoms with E-state index in [-0.39, 0.29) is 0 Å². The van der Waals surface area contributed by atoms with Gasteiger partial charge in [-0.15, -0.1) is 0 Å². The molecule has 0 saturated carbocycles. The average molecular weight is 282 g/mol. The lowest BCUT2D eigenvalue weighted by atomic mass is 10.2. The summed E-state index contributed by atoms with van der Waals surface area (Å²) >= 11 is 11.9. The van der Waals surface area contributed by atoms with E-state index < -0.39 is 0 Å². The Balaban J connectivity index is 2.13. The molecule has 0 aliphatic rings. The molecule has 2 aromatic rings. The molecule has 0 atom stereocenters. The number of ether oxygens (including phenoxy) is 1. The lowest BCUT2D eigenvalue weighted by Gasteiger charge is -2.10. The lowest BCUT2D eigenvalue weighted by molar-refractivity contribution is 0.307. The summed E-state index contributed by atoms with van der Waals surface area (Å²) in [6.07, 6.45) is 0. The van der Waals surface area contributed by atoms with Crippen LogP contribution in [0.1, 0.15) is 11.1 Å². The molecule has 94 valence electrons. The van der Waals surface area contributed by atoms with E-state index in [2.05, 4.69) is 0 Å². The minimum atomic E-state index is 0.367. The van der Waals surface area contributed by atoms with Gasteiger partial charge in [-0.3, -0.25) is 0 Å². The minimum absolute atomic E-state index is 0.367. The second-order valence-electron chi connectivity index (χ2n) is 4.07. The Hall–Kier alpha value is -1.38. The van der Waals surface area contributed by atoms with Crippen molar-refractivity contribution in [1.29, 1.82) is 0 Å². The zero-order chi connectivity index (χ0) is 13.1. The predicted octanol–water partition coefficient (Wildman–Crippen LogP) is 4.46. The van der Waals surface area contributed by atoms with Crippen LogP contribution in [0.5, 0.6) is 5.75 Å². The number of rotatable bonds is 3. The first kappa shape index (κ1) is 13.1. The van der Waals surface area contributed by atoms with Crippen LogP contribution in [0.4, 0.5) is 5.69 Å². The molecule has 0 bridgehead atoms. The zero-order valence-electron chi connectivity index (χ0n) is 9.91. The van der Waals surface area contributed by atoms with Gasteiger partial charge in [-0.1, -0.05) is 35.3 Å². The quantitative estimate of drug-likeness (QED) is 0.843. The predicted molar refractivity (Wildman–Crippen MR) is 76.4 cm³/mol. The smallest absolute Gasteiger partial charge is 0.138 e. The highest BCUT2D eigenvalue weighted by molar-refractivity contribution is 6.32. The van der Waals surface area contributed by atoms with Gasteiger partial charge >= 0.3 is 0 Å². The Morgan fingerprint density at radius 2 is 1.89 bits per heavy atom. The van der Waals surface area contributed by atoms with Gasteiger partial charge in [0, 0.05) is 16.3 Å². The van der Waals surface area contributed by atoms with Crippen LogP contribution in [0.25, 0.3) is 0 Å². The van der Waals surface area contributed by atoms with Crippen molar-refractivity contribution in [2.75, 3.05) is 5.73 Å². The first-order chi connectivity index (χ1) is 8.56. The van der Waals surface area contributed by atoms with Crippen molar-refractivity contribution in [3.63, 3.8) is 0 Å². The third kappa shape index (κ3) is 3.09. The number of hydrogen-bond donors (Lipinski definition) is 1. The molecular formula is C14H13Cl2NO. The molecule has 2 rings (SSSR count). The maximum Gasteiger partial charge on any atom is 0.138 e. The summed E-state index contributed by atoms with van der Waals surface area (Å²) in [6.45, 7) is 2.35. The van der Waals surface area contributed by atoms with Crippen LogP contribution >= 0.6 is 23.2 Å². The molecule has 18 heavy (non-hydrogen) atoms. The molecule has 0 saturated heterocycles. The van der Waals surface area contributed by atoms with Crippen LogP contribution in [-0.4, -0.2) is 0 Å². The Kier molecular flexibility index (Phi) is 4.00. The van der Waals surface area contributed by atoms with Crippen LogP contribution in [0.2, 0.25) is 10.0 Å². The first-order valence-electron chi connectivity index (χ1n) is 5.49. The molecular weight excluding hydrogens is 269 g/mol. The second kappa shape index (κ2) is 5.51. The monoisotopic (exact) mass is 281 g/mol. The summed E-state index contributed by atoms with van der Waals surface area (Å²) in [4.78, 5) is 0. The van der Waals surface area contributed by atoms with E-state index >= 15 is 0 Å². The minimum Gasteiger partial charge on any atom is -0.487 e. The molecule has 0 unspecified atom stereocenters. The summed E-state index contributed by atoms with van der Waals surface area (Å²) in [5.41, 5.74) is 8.45. The third-order valence-corrected chi connectivity index (χ3v) is 3.13. The number of hydrogen-bond acceptors (Lipinski definition) is 2. The Morgan fingerprint density at radius 1 is 1.11 bits per heavy atom. The third-order valence-electron chi connectivity index (χ3n) is 2.58. The van der Waals surface area contributed by atoms with Crippen LogP contribution in [0, 0.1) is 6.92 Å². The van der Waals surface area contributed by atoms with Crippen molar-refractivity contribution in [2.45, 2.75) is 13.5 Å². The molecule has 0 radical (unpaired) electrons. The highest BCUT2D eigenvalue weighted by atomic mass is 35.5. The molecule has 0 fully saturated rings. The number of benzene rings is 2. The van der Waals surface area contributed by atoms with Crippen LogP contribution < -0.4 is 10.5 Å². The second-order valence-corrected chi connectivity index (χ2v) is 4.91. The Labute approximate surface area is 116 Å². The molecule has 4 heteroatoms. The van der Waals surface area contributed by atoms with E-state index in [1.807, 2.05) is 31.2 Å². The largest absolute Gasteiger partial charge is 0.487 e. The summed E-state index contributed by atoms with van der Waals surface area (Å²) < 4.78 is 5.67. The van der Waals surface area contributed by atoms with E-state index in [1.54, 1.807) is 12.1 Å². The van der Waals surface area contributed by atoms with Gasteiger partial charge in [0.15, 0.2) is 0 Å². The number of nitrogen functional groups attached to an aromatic ring is 1. The Bertz CT molecular complexity index is 570. The fourth-order valence-corrected chi connectivity index (χ4v) is 1.93. The molecule has 2 N–H and O–H groups in total. The van der Waals surface area contributed by atoms with Crippen LogP contribution in [0.3, 0.4) is 0 Å². The van der Waals surface area contributed by atoms with Crippen molar-refractivity contribution in [3.8, 4) is 5.75 Å². The fourth-order valence-electron chi connectivity index (χ4n) is 1.57. The van der Waals surface area contributed by atoms with E-state index in [4.69, 9.17) is 33.7 Å². The van der Waals surface area contributed by atoms with Crippen molar-refractivity contribution >= 4 is 28.9 Å². The topological polar surface area (TPSA) is 35.2 Å². The fraction of sp³-hybridized carbons (Fsp3) is 0.143. The number of nitrogens with two attached hydrogens (primary N) is 1. The van der Waals surface area contributed by atoms with Gasteiger partial charge in [-0.2, -0.15) is 0 Å². The van der Waals surface area contributed by atoms with E-state index in [0.29, 0.717) is 28.1 Å². The molecule has 2 aromatic carbocycles. The van der Waals surface area contributed by atoms with Gasteiger partial charge in [0.1, 0.15) is 12.4 Å². The van der Waals surface area contributed by atoms with E-state index in [1.165, 1.54) is 0 Å². The average Bonchev–Trinajstić information content (AvgIpc) is 2.32. The zero-order valence-corrected chi connectivity index (χ0v) is 11.4. The highest BCUT2D eigenvalue weighted by Crippen LogP contribution is 2.27.